The number of carbonyl (C=O) groups excluding carboxylic acids is 1. The van der Waals surface area contributed by atoms with Crippen LogP contribution in [0.15, 0.2) is 52.3 Å². The summed E-state index contributed by atoms with van der Waals surface area (Å²) >= 11 is 0. The molecule has 1 heterocycles. The molecule has 0 bridgehead atoms. The molecule has 2 aromatic rings. The molecule has 0 aromatic heterocycles. The molecule has 0 radical (unpaired) electrons. The first-order valence-corrected chi connectivity index (χ1v) is 11.2. The number of carbonyl (C=O) groups is 1. The van der Waals surface area contributed by atoms with Gasteiger partial charge in [0, 0.05) is 24.3 Å². The molecule has 0 aliphatic carbocycles. The van der Waals surface area contributed by atoms with Gasteiger partial charge in [0.1, 0.15) is 0 Å². The summed E-state index contributed by atoms with van der Waals surface area (Å²) in [6.45, 7) is 2.44. The van der Waals surface area contributed by atoms with Crippen molar-refractivity contribution in [2.75, 3.05) is 16.2 Å². The summed E-state index contributed by atoms with van der Waals surface area (Å²) in [6.07, 6.45) is 1.31. The summed E-state index contributed by atoms with van der Waals surface area (Å²) in [5.74, 6) is 0.0474. The predicted octanol–water partition coefficient (Wildman–Crippen LogP) is 1.57. The van der Waals surface area contributed by atoms with Gasteiger partial charge in [0.2, 0.25) is 15.9 Å². The lowest BCUT2D eigenvalue weighted by molar-refractivity contribution is -0.117. The van der Waals surface area contributed by atoms with Crippen molar-refractivity contribution in [1.29, 1.82) is 0 Å². The molecule has 2 aromatic carbocycles. The highest BCUT2D eigenvalue weighted by molar-refractivity contribution is 7.93. The fraction of sp³-hybridized carbons (Fsp3) is 0.235. The van der Waals surface area contributed by atoms with Crippen LogP contribution < -0.4 is 14.8 Å². The average molecular weight is 409 g/mol. The lowest BCUT2D eigenvalue weighted by Crippen LogP contribution is -2.24. The summed E-state index contributed by atoms with van der Waals surface area (Å²) in [4.78, 5) is 13.1. The van der Waals surface area contributed by atoms with E-state index in [4.69, 9.17) is 5.14 Å². The van der Waals surface area contributed by atoms with Gasteiger partial charge in [-0.1, -0.05) is 6.07 Å². The molecule has 0 spiro atoms. The molecule has 0 saturated carbocycles. The molecule has 27 heavy (non-hydrogen) atoms. The molecule has 1 saturated heterocycles. The standard InChI is InChI=1S/C17H19N3O5S2/c1-12-10-13(7-8-16(12)20-9-3-6-17(20)21)19-27(24,25)15-5-2-4-14(11-15)26(18,22)23/h2,4-5,7-8,10-11,19H,3,6,9H2,1H3,(H2,18,22,23). The Kier molecular flexibility index (Phi) is 4.98. The van der Waals surface area contributed by atoms with Gasteiger partial charge in [0.25, 0.3) is 10.0 Å². The Morgan fingerprint density at radius 3 is 2.33 bits per heavy atom. The molecule has 0 unspecified atom stereocenters. The number of rotatable bonds is 5. The van der Waals surface area contributed by atoms with E-state index in [1.54, 1.807) is 30.0 Å². The van der Waals surface area contributed by atoms with Crippen LogP contribution in [-0.4, -0.2) is 29.3 Å². The van der Waals surface area contributed by atoms with E-state index in [-0.39, 0.29) is 15.7 Å². The maximum Gasteiger partial charge on any atom is 0.261 e. The molecule has 1 fully saturated rings. The molecule has 0 atom stereocenters. The van der Waals surface area contributed by atoms with Crippen molar-refractivity contribution in [3.8, 4) is 0 Å². The summed E-state index contributed by atoms with van der Waals surface area (Å²) < 4.78 is 50.4. The van der Waals surface area contributed by atoms with Crippen LogP contribution in [0.25, 0.3) is 0 Å². The number of primary sulfonamides is 1. The minimum Gasteiger partial charge on any atom is -0.312 e. The van der Waals surface area contributed by atoms with Gasteiger partial charge >= 0.3 is 0 Å². The van der Waals surface area contributed by atoms with E-state index in [2.05, 4.69) is 4.72 Å². The first kappa shape index (κ1) is 19.3. The molecule has 3 rings (SSSR count). The molecule has 144 valence electrons. The van der Waals surface area contributed by atoms with Crippen LogP contribution in [-0.2, 0) is 24.8 Å². The van der Waals surface area contributed by atoms with E-state index in [9.17, 15) is 21.6 Å². The molecule has 3 N–H and O–H groups in total. The summed E-state index contributed by atoms with van der Waals surface area (Å²) in [7, 11) is -8.02. The SMILES string of the molecule is Cc1cc(NS(=O)(=O)c2cccc(S(N)(=O)=O)c2)ccc1N1CCCC1=O. The van der Waals surface area contributed by atoms with Gasteiger partial charge in [0.15, 0.2) is 0 Å². The number of amides is 1. The Hall–Kier alpha value is -2.43. The first-order valence-electron chi connectivity index (χ1n) is 8.15. The van der Waals surface area contributed by atoms with Crippen molar-refractivity contribution in [1.82, 2.24) is 0 Å². The number of nitrogens with two attached hydrogens (primary N) is 1. The molecular formula is C17H19N3O5S2. The largest absolute Gasteiger partial charge is 0.312 e. The zero-order valence-corrected chi connectivity index (χ0v) is 16.2. The quantitative estimate of drug-likeness (QED) is 0.775. The third kappa shape index (κ3) is 4.12. The smallest absolute Gasteiger partial charge is 0.261 e. The van der Waals surface area contributed by atoms with Crippen molar-refractivity contribution in [2.45, 2.75) is 29.6 Å². The van der Waals surface area contributed by atoms with Crippen LogP contribution >= 0.6 is 0 Å². The Morgan fingerprint density at radius 2 is 1.74 bits per heavy atom. The second kappa shape index (κ2) is 6.95. The van der Waals surface area contributed by atoms with Gasteiger partial charge in [-0.3, -0.25) is 9.52 Å². The monoisotopic (exact) mass is 409 g/mol. The summed E-state index contributed by atoms with van der Waals surface area (Å²) in [5.41, 5.74) is 1.81. The summed E-state index contributed by atoms with van der Waals surface area (Å²) in [6, 6.07) is 9.69. The van der Waals surface area contributed by atoms with Crippen LogP contribution in [0.4, 0.5) is 11.4 Å². The molecule has 1 aliphatic rings. The van der Waals surface area contributed by atoms with Gasteiger partial charge in [0.05, 0.1) is 9.79 Å². The molecular weight excluding hydrogens is 390 g/mol. The van der Waals surface area contributed by atoms with E-state index >= 15 is 0 Å². The molecule has 8 nitrogen and oxygen atoms in total. The molecule has 10 heteroatoms. The van der Waals surface area contributed by atoms with Crippen LogP contribution in [0.2, 0.25) is 0 Å². The van der Waals surface area contributed by atoms with E-state index in [1.165, 1.54) is 18.2 Å². The second-order valence-corrected chi connectivity index (χ2v) is 9.52. The van der Waals surface area contributed by atoms with Gasteiger partial charge in [-0.25, -0.2) is 22.0 Å². The van der Waals surface area contributed by atoms with Crippen LogP contribution in [0.1, 0.15) is 18.4 Å². The van der Waals surface area contributed by atoms with Gasteiger partial charge in [-0.2, -0.15) is 0 Å². The zero-order valence-electron chi connectivity index (χ0n) is 14.5. The number of anilines is 2. The Balaban J connectivity index is 1.88. The van der Waals surface area contributed by atoms with Crippen LogP contribution in [0, 0.1) is 6.92 Å². The predicted molar refractivity (Wildman–Crippen MR) is 101 cm³/mol. The minimum absolute atomic E-state index is 0.0474. The van der Waals surface area contributed by atoms with Crippen molar-refractivity contribution in [2.24, 2.45) is 5.14 Å². The third-order valence-corrected chi connectivity index (χ3v) is 6.55. The highest BCUT2D eigenvalue weighted by atomic mass is 32.2. The van der Waals surface area contributed by atoms with Crippen molar-refractivity contribution in [3.05, 3.63) is 48.0 Å². The normalized spacial score (nSPS) is 15.2. The van der Waals surface area contributed by atoms with Crippen LogP contribution in [0.3, 0.4) is 0 Å². The first-order chi connectivity index (χ1) is 12.6. The summed E-state index contributed by atoms with van der Waals surface area (Å²) in [5, 5.41) is 5.05. The van der Waals surface area contributed by atoms with Gasteiger partial charge < -0.3 is 4.90 Å². The zero-order chi connectivity index (χ0) is 19.8. The Bertz CT molecular complexity index is 1110. The number of hydrogen-bond acceptors (Lipinski definition) is 5. The average Bonchev–Trinajstić information content (AvgIpc) is 3.00. The number of hydrogen-bond donors (Lipinski definition) is 2. The van der Waals surface area contributed by atoms with E-state index in [0.717, 1.165) is 23.7 Å². The second-order valence-electron chi connectivity index (χ2n) is 6.28. The molecule has 1 amide bonds. The Labute approximate surface area is 158 Å². The van der Waals surface area contributed by atoms with Gasteiger partial charge in [-0.05, 0) is 55.3 Å². The topological polar surface area (TPSA) is 127 Å². The fourth-order valence-corrected chi connectivity index (χ4v) is 4.69. The fourth-order valence-electron chi connectivity index (χ4n) is 2.96. The van der Waals surface area contributed by atoms with Crippen molar-refractivity contribution in [3.63, 3.8) is 0 Å². The molecule has 1 aliphatic heterocycles. The van der Waals surface area contributed by atoms with E-state index in [0.29, 0.717) is 18.7 Å². The number of benzene rings is 2. The Morgan fingerprint density at radius 1 is 1.04 bits per heavy atom. The highest BCUT2D eigenvalue weighted by Crippen LogP contribution is 2.28. The number of nitrogens with zero attached hydrogens (tertiary/aromatic N) is 1. The lowest BCUT2D eigenvalue weighted by atomic mass is 10.1. The minimum atomic E-state index is -4.02. The number of nitrogens with one attached hydrogen (secondary N) is 1. The number of aryl methyl sites for hydroxylation is 1. The number of sulfonamides is 2. The van der Waals surface area contributed by atoms with E-state index in [1.807, 2.05) is 0 Å². The van der Waals surface area contributed by atoms with Crippen molar-refractivity contribution < 1.29 is 21.6 Å². The maximum atomic E-state index is 12.6. The lowest BCUT2D eigenvalue weighted by Gasteiger charge is -2.19. The van der Waals surface area contributed by atoms with Crippen LogP contribution in [0.5, 0.6) is 0 Å². The van der Waals surface area contributed by atoms with Gasteiger partial charge in [-0.15, -0.1) is 0 Å². The van der Waals surface area contributed by atoms with Crippen molar-refractivity contribution >= 4 is 37.3 Å². The maximum absolute atomic E-state index is 12.6. The van der Waals surface area contributed by atoms with E-state index < -0.39 is 20.0 Å². The third-order valence-electron chi connectivity index (χ3n) is 4.26. The highest BCUT2D eigenvalue weighted by Gasteiger charge is 2.23.